The number of carbonyl (C=O) groups excluding carboxylic acids is 1. The Morgan fingerprint density at radius 2 is 2.21 bits per heavy atom. The highest BCUT2D eigenvalue weighted by Gasteiger charge is 2.29. The number of carbonyl (C=O) groups is 1. The van der Waals surface area contributed by atoms with Crippen molar-refractivity contribution < 1.29 is 14.6 Å². The number of benzene rings is 1. The maximum absolute atomic E-state index is 12.5. The summed E-state index contributed by atoms with van der Waals surface area (Å²) in [5.41, 5.74) is 1.60. The first-order chi connectivity index (χ1) is 9.02. The zero-order valence-corrected chi connectivity index (χ0v) is 11.7. The average molecular weight is 263 g/mol. The zero-order valence-electron chi connectivity index (χ0n) is 11.7. The third-order valence-corrected chi connectivity index (χ3v) is 3.79. The van der Waals surface area contributed by atoms with E-state index in [-0.39, 0.29) is 11.8 Å². The van der Waals surface area contributed by atoms with Gasteiger partial charge in [-0.3, -0.25) is 4.79 Å². The Morgan fingerprint density at radius 3 is 2.84 bits per heavy atom. The first kappa shape index (κ1) is 13.9. The van der Waals surface area contributed by atoms with Gasteiger partial charge in [-0.05, 0) is 31.4 Å². The Bertz CT molecular complexity index is 472. The van der Waals surface area contributed by atoms with Crippen molar-refractivity contribution in [2.75, 3.05) is 20.2 Å². The van der Waals surface area contributed by atoms with E-state index in [0.717, 1.165) is 12.0 Å². The number of aliphatic hydroxyl groups is 1. The predicted octanol–water partition coefficient (Wildman–Crippen LogP) is 1.85. The molecule has 0 aromatic heterocycles. The summed E-state index contributed by atoms with van der Waals surface area (Å²) in [5.74, 6) is 0.777. The molecular weight excluding hydrogens is 242 g/mol. The molecule has 0 bridgehead atoms. The minimum absolute atomic E-state index is 0.0634. The summed E-state index contributed by atoms with van der Waals surface area (Å²) in [6.45, 7) is 5.05. The van der Waals surface area contributed by atoms with Crippen molar-refractivity contribution in [3.05, 3.63) is 29.3 Å². The molecule has 2 rings (SSSR count). The van der Waals surface area contributed by atoms with Gasteiger partial charge in [0.2, 0.25) is 0 Å². The standard InChI is InChI=1S/C15H21NO3/c1-10-4-5-14(19-3)12(8-10)15(18)16-7-6-11(2)13(17)9-16/h4-5,8,11,13,17H,6-7,9H2,1-3H3. The van der Waals surface area contributed by atoms with Gasteiger partial charge < -0.3 is 14.7 Å². The van der Waals surface area contributed by atoms with Crippen LogP contribution in [0.1, 0.15) is 29.3 Å². The molecule has 1 amide bonds. The summed E-state index contributed by atoms with van der Waals surface area (Å²) in [6.07, 6.45) is 0.398. The fraction of sp³-hybridized carbons (Fsp3) is 0.533. The predicted molar refractivity (Wildman–Crippen MR) is 73.4 cm³/mol. The molecule has 1 heterocycles. The number of piperidine rings is 1. The van der Waals surface area contributed by atoms with Crippen molar-refractivity contribution in [3.63, 3.8) is 0 Å². The number of hydrogen-bond acceptors (Lipinski definition) is 3. The molecule has 0 aliphatic carbocycles. The normalized spacial score (nSPS) is 23.3. The number of methoxy groups -OCH3 is 1. The molecule has 2 atom stereocenters. The average Bonchev–Trinajstić information content (AvgIpc) is 2.41. The van der Waals surface area contributed by atoms with Crippen LogP contribution in [-0.2, 0) is 0 Å². The smallest absolute Gasteiger partial charge is 0.257 e. The fourth-order valence-corrected chi connectivity index (χ4v) is 2.39. The van der Waals surface area contributed by atoms with Gasteiger partial charge in [0.1, 0.15) is 5.75 Å². The molecule has 2 unspecified atom stereocenters. The molecule has 4 heteroatoms. The lowest BCUT2D eigenvalue weighted by atomic mass is 9.95. The number of hydrogen-bond donors (Lipinski definition) is 1. The van der Waals surface area contributed by atoms with E-state index >= 15 is 0 Å². The van der Waals surface area contributed by atoms with E-state index in [2.05, 4.69) is 0 Å². The summed E-state index contributed by atoms with van der Waals surface area (Å²) in [5, 5.41) is 9.90. The van der Waals surface area contributed by atoms with Crippen LogP contribution in [0, 0.1) is 12.8 Å². The lowest BCUT2D eigenvalue weighted by Crippen LogP contribution is -2.45. The molecule has 1 fully saturated rings. The largest absolute Gasteiger partial charge is 0.496 e. The summed E-state index contributed by atoms with van der Waals surface area (Å²) >= 11 is 0. The lowest BCUT2D eigenvalue weighted by molar-refractivity contribution is 0.0247. The molecule has 1 N–H and O–H groups in total. The minimum atomic E-state index is -0.437. The molecule has 0 radical (unpaired) electrons. The number of aryl methyl sites for hydroxylation is 1. The number of rotatable bonds is 2. The van der Waals surface area contributed by atoms with Crippen LogP contribution in [-0.4, -0.2) is 42.2 Å². The van der Waals surface area contributed by atoms with Crippen molar-refractivity contribution in [3.8, 4) is 5.75 Å². The molecule has 0 spiro atoms. The van der Waals surface area contributed by atoms with E-state index in [1.807, 2.05) is 32.0 Å². The SMILES string of the molecule is COc1ccc(C)cc1C(=O)N1CCC(C)C(O)C1. The van der Waals surface area contributed by atoms with Gasteiger partial charge in [0, 0.05) is 13.1 Å². The maximum Gasteiger partial charge on any atom is 0.257 e. The molecule has 19 heavy (non-hydrogen) atoms. The number of nitrogens with zero attached hydrogens (tertiary/aromatic N) is 1. The van der Waals surface area contributed by atoms with Crippen molar-refractivity contribution in [1.29, 1.82) is 0 Å². The number of β-amino-alcohol motifs (C(OH)–C–C–N with tert-alkyl or cyclic N) is 1. The number of amides is 1. The van der Waals surface area contributed by atoms with Gasteiger partial charge in [-0.15, -0.1) is 0 Å². The Hall–Kier alpha value is -1.55. The van der Waals surface area contributed by atoms with Crippen molar-refractivity contribution in [1.82, 2.24) is 4.90 Å². The Labute approximate surface area is 114 Å². The summed E-state index contributed by atoms with van der Waals surface area (Å²) in [4.78, 5) is 14.2. The van der Waals surface area contributed by atoms with Crippen LogP contribution in [0.3, 0.4) is 0 Å². The van der Waals surface area contributed by atoms with Gasteiger partial charge in [0.25, 0.3) is 5.91 Å². The van der Waals surface area contributed by atoms with Crippen LogP contribution in [0.15, 0.2) is 18.2 Å². The minimum Gasteiger partial charge on any atom is -0.496 e. The number of likely N-dealkylation sites (tertiary alicyclic amines) is 1. The summed E-state index contributed by atoms with van der Waals surface area (Å²) < 4.78 is 5.25. The van der Waals surface area contributed by atoms with Gasteiger partial charge in [-0.1, -0.05) is 18.6 Å². The summed E-state index contributed by atoms with van der Waals surface area (Å²) in [6, 6.07) is 5.57. The highest BCUT2D eigenvalue weighted by Crippen LogP contribution is 2.24. The van der Waals surface area contributed by atoms with Crippen LogP contribution in [0.5, 0.6) is 5.75 Å². The van der Waals surface area contributed by atoms with Crippen LogP contribution >= 0.6 is 0 Å². The quantitative estimate of drug-likeness (QED) is 0.886. The van der Waals surface area contributed by atoms with E-state index in [1.54, 1.807) is 12.0 Å². The molecule has 1 aliphatic rings. The van der Waals surface area contributed by atoms with Crippen LogP contribution in [0.4, 0.5) is 0 Å². The molecule has 4 nitrogen and oxygen atoms in total. The molecule has 1 saturated heterocycles. The number of aliphatic hydroxyl groups excluding tert-OH is 1. The van der Waals surface area contributed by atoms with Gasteiger partial charge in [0.05, 0.1) is 18.8 Å². The second kappa shape index (κ2) is 5.61. The monoisotopic (exact) mass is 263 g/mol. The van der Waals surface area contributed by atoms with E-state index in [1.165, 1.54) is 0 Å². The Morgan fingerprint density at radius 1 is 1.47 bits per heavy atom. The fourth-order valence-electron chi connectivity index (χ4n) is 2.39. The first-order valence-electron chi connectivity index (χ1n) is 6.65. The van der Waals surface area contributed by atoms with Gasteiger partial charge in [0.15, 0.2) is 0 Å². The van der Waals surface area contributed by atoms with E-state index < -0.39 is 6.10 Å². The third kappa shape index (κ3) is 2.89. The van der Waals surface area contributed by atoms with Crippen LogP contribution in [0.2, 0.25) is 0 Å². The van der Waals surface area contributed by atoms with Crippen molar-refractivity contribution in [2.24, 2.45) is 5.92 Å². The van der Waals surface area contributed by atoms with Gasteiger partial charge >= 0.3 is 0 Å². The Kier molecular flexibility index (Phi) is 4.10. The number of ether oxygens (including phenoxy) is 1. The maximum atomic E-state index is 12.5. The van der Waals surface area contributed by atoms with E-state index in [4.69, 9.17) is 4.74 Å². The second-order valence-electron chi connectivity index (χ2n) is 5.29. The molecular formula is C15H21NO3. The summed E-state index contributed by atoms with van der Waals surface area (Å²) in [7, 11) is 1.56. The topological polar surface area (TPSA) is 49.8 Å². The lowest BCUT2D eigenvalue weighted by Gasteiger charge is -2.34. The van der Waals surface area contributed by atoms with Crippen molar-refractivity contribution >= 4 is 5.91 Å². The molecule has 1 aromatic rings. The highest BCUT2D eigenvalue weighted by atomic mass is 16.5. The molecule has 1 aromatic carbocycles. The zero-order chi connectivity index (χ0) is 14.0. The molecule has 1 aliphatic heterocycles. The van der Waals surface area contributed by atoms with Gasteiger partial charge in [-0.2, -0.15) is 0 Å². The van der Waals surface area contributed by atoms with Crippen molar-refractivity contribution in [2.45, 2.75) is 26.4 Å². The first-order valence-corrected chi connectivity index (χ1v) is 6.65. The molecule has 104 valence electrons. The van der Waals surface area contributed by atoms with E-state index in [9.17, 15) is 9.90 Å². The molecule has 0 saturated carbocycles. The van der Waals surface area contributed by atoms with Crippen LogP contribution < -0.4 is 4.74 Å². The van der Waals surface area contributed by atoms with E-state index in [0.29, 0.717) is 24.4 Å². The Balaban J connectivity index is 2.22. The third-order valence-electron chi connectivity index (χ3n) is 3.79. The van der Waals surface area contributed by atoms with Gasteiger partial charge in [-0.25, -0.2) is 0 Å². The highest BCUT2D eigenvalue weighted by molar-refractivity contribution is 5.97. The van der Waals surface area contributed by atoms with Crippen LogP contribution in [0.25, 0.3) is 0 Å². The second-order valence-corrected chi connectivity index (χ2v) is 5.29.